The first-order chi connectivity index (χ1) is 8.87. The number of nitrogens with zero attached hydrogens (tertiary/aromatic N) is 1. The fourth-order valence-corrected chi connectivity index (χ4v) is 2.20. The maximum atomic E-state index is 11.9. The van der Waals surface area contributed by atoms with Gasteiger partial charge in [-0.05, 0) is 50.5 Å². The first kappa shape index (κ1) is 13.9. The average molecular weight is 263 g/mol. The van der Waals surface area contributed by atoms with E-state index in [4.69, 9.17) is 4.74 Å². The number of carbonyl (C=O) groups is 1. The standard InChI is InChI=1S/C15H21NO3/c1-11-4-5-13(8-12(11)2)19-9-14(17)16-7-6-15(3,18)10-16/h4-5,8,18H,6-7,9-10H2,1-3H3. The zero-order valence-electron chi connectivity index (χ0n) is 11.8. The van der Waals surface area contributed by atoms with Gasteiger partial charge in [0.15, 0.2) is 6.61 Å². The molecule has 0 spiro atoms. The molecule has 0 aromatic heterocycles. The molecule has 1 atom stereocenters. The van der Waals surface area contributed by atoms with Gasteiger partial charge < -0.3 is 14.7 Å². The number of rotatable bonds is 3. The number of hydrogen-bond donors (Lipinski definition) is 1. The summed E-state index contributed by atoms with van der Waals surface area (Å²) >= 11 is 0. The van der Waals surface area contributed by atoms with Gasteiger partial charge in [0.1, 0.15) is 5.75 Å². The summed E-state index contributed by atoms with van der Waals surface area (Å²) in [4.78, 5) is 13.6. The van der Waals surface area contributed by atoms with E-state index in [-0.39, 0.29) is 12.5 Å². The maximum Gasteiger partial charge on any atom is 0.260 e. The molecule has 19 heavy (non-hydrogen) atoms. The molecular weight excluding hydrogens is 242 g/mol. The normalized spacial score (nSPS) is 22.6. The Morgan fingerprint density at radius 3 is 2.74 bits per heavy atom. The lowest BCUT2D eigenvalue weighted by atomic mass is 10.1. The van der Waals surface area contributed by atoms with Gasteiger partial charge in [0.25, 0.3) is 5.91 Å². The Labute approximate surface area is 114 Å². The molecule has 0 aliphatic carbocycles. The molecule has 1 aliphatic heterocycles. The van der Waals surface area contributed by atoms with E-state index in [2.05, 4.69) is 0 Å². The minimum atomic E-state index is -0.754. The molecule has 1 aromatic carbocycles. The molecule has 1 fully saturated rings. The Kier molecular flexibility index (Phi) is 3.80. The molecule has 4 nitrogen and oxygen atoms in total. The minimum Gasteiger partial charge on any atom is -0.484 e. The van der Waals surface area contributed by atoms with Gasteiger partial charge in [0, 0.05) is 13.1 Å². The van der Waals surface area contributed by atoms with Gasteiger partial charge in [-0.15, -0.1) is 0 Å². The van der Waals surface area contributed by atoms with Crippen molar-refractivity contribution >= 4 is 5.91 Å². The number of β-amino-alcohol motifs (C(OH)–C–C–N with tert-alkyl or cyclic N) is 1. The van der Waals surface area contributed by atoms with Crippen molar-refractivity contribution in [3.05, 3.63) is 29.3 Å². The van der Waals surface area contributed by atoms with Crippen molar-refractivity contribution in [1.29, 1.82) is 0 Å². The van der Waals surface area contributed by atoms with Crippen LogP contribution in [-0.2, 0) is 4.79 Å². The number of benzene rings is 1. The van der Waals surface area contributed by atoms with Crippen LogP contribution in [0.15, 0.2) is 18.2 Å². The third-order valence-corrected chi connectivity index (χ3v) is 3.65. The molecule has 1 saturated heterocycles. The predicted molar refractivity (Wildman–Crippen MR) is 73.2 cm³/mol. The smallest absolute Gasteiger partial charge is 0.260 e. The number of hydrogen-bond acceptors (Lipinski definition) is 3. The van der Waals surface area contributed by atoms with E-state index in [0.29, 0.717) is 25.3 Å². The van der Waals surface area contributed by atoms with Gasteiger partial charge in [-0.3, -0.25) is 4.79 Å². The van der Waals surface area contributed by atoms with Crippen LogP contribution in [0.4, 0.5) is 0 Å². The summed E-state index contributed by atoms with van der Waals surface area (Å²) in [6, 6.07) is 5.79. The number of ether oxygens (including phenoxy) is 1. The van der Waals surface area contributed by atoms with Crippen LogP contribution >= 0.6 is 0 Å². The lowest BCUT2D eigenvalue weighted by molar-refractivity contribution is -0.133. The summed E-state index contributed by atoms with van der Waals surface area (Å²) in [5.74, 6) is 0.637. The fourth-order valence-electron chi connectivity index (χ4n) is 2.20. The highest BCUT2D eigenvalue weighted by molar-refractivity contribution is 5.78. The van der Waals surface area contributed by atoms with Crippen molar-refractivity contribution in [2.45, 2.75) is 32.8 Å². The Balaban J connectivity index is 1.88. The summed E-state index contributed by atoms with van der Waals surface area (Å²) < 4.78 is 5.51. The zero-order valence-corrected chi connectivity index (χ0v) is 11.8. The fraction of sp³-hybridized carbons (Fsp3) is 0.533. The highest BCUT2D eigenvalue weighted by Crippen LogP contribution is 2.21. The Hall–Kier alpha value is -1.55. The van der Waals surface area contributed by atoms with Crippen molar-refractivity contribution in [2.24, 2.45) is 0 Å². The van der Waals surface area contributed by atoms with E-state index in [9.17, 15) is 9.90 Å². The van der Waals surface area contributed by atoms with E-state index in [1.165, 1.54) is 5.56 Å². The summed E-state index contributed by atoms with van der Waals surface area (Å²) in [6.45, 7) is 6.82. The third kappa shape index (κ3) is 3.47. The Morgan fingerprint density at radius 2 is 2.16 bits per heavy atom. The Morgan fingerprint density at radius 1 is 1.42 bits per heavy atom. The lowest BCUT2D eigenvalue weighted by Crippen LogP contribution is -2.36. The summed E-state index contributed by atoms with van der Waals surface area (Å²) in [5, 5.41) is 9.83. The van der Waals surface area contributed by atoms with Crippen LogP contribution in [0.2, 0.25) is 0 Å². The van der Waals surface area contributed by atoms with Crippen molar-refractivity contribution in [3.8, 4) is 5.75 Å². The van der Waals surface area contributed by atoms with E-state index in [1.807, 2.05) is 32.0 Å². The first-order valence-electron chi connectivity index (χ1n) is 6.58. The van der Waals surface area contributed by atoms with E-state index in [0.717, 1.165) is 5.56 Å². The maximum absolute atomic E-state index is 11.9. The van der Waals surface area contributed by atoms with Crippen molar-refractivity contribution in [3.63, 3.8) is 0 Å². The van der Waals surface area contributed by atoms with Gasteiger partial charge in [-0.25, -0.2) is 0 Å². The molecule has 4 heteroatoms. The van der Waals surface area contributed by atoms with Crippen LogP contribution in [0.1, 0.15) is 24.5 Å². The topological polar surface area (TPSA) is 49.8 Å². The summed E-state index contributed by atoms with van der Waals surface area (Å²) in [7, 11) is 0. The second-order valence-corrected chi connectivity index (χ2v) is 5.60. The van der Waals surface area contributed by atoms with Crippen molar-refractivity contribution < 1.29 is 14.6 Å². The van der Waals surface area contributed by atoms with Crippen LogP contribution in [0.3, 0.4) is 0 Å². The number of likely N-dealkylation sites (tertiary alicyclic amines) is 1. The molecule has 1 aromatic rings. The number of carbonyl (C=O) groups excluding carboxylic acids is 1. The van der Waals surface area contributed by atoms with Crippen LogP contribution in [0.25, 0.3) is 0 Å². The van der Waals surface area contributed by atoms with Crippen LogP contribution in [0, 0.1) is 13.8 Å². The van der Waals surface area contributed by atoms with E-state index >= 15 is 0 Å². The van der Waals surface area contributed by atoms with E-state index in [1.54, 1.807) is 11.8 Å². The van der Waals surface area contributed by atoms with Gasteiger partial charge in [0.05, 0.1) is 5.60 Å². The number of aliphatic hydroxyl groups is 1. The van der Waals surface area contributed by atoms with Crippen LogP contribution in [0.5, 0.6) is 5.75 Å². The SMILES string of the molecule is Cc1ccc(OCC(=O)N2CCC(C)(O)C2)cc1C. The molecule has 1 N–H and O–H groups in total. The molecule has 1 heterocycles. The van der Waals surface area contributed by atoms with Crippen LogP contribution < -0.4 is 4.74 Å². The monoisotopic (exact) mass is 263 g/mol. The molecule has 1 unspecified atom stereocenters. The molecule has 0 saturated carbocycles. The third-order valence-electron chi connectivity index (χ3n) is 3.65. The van der Waals surface area contributed by atoms with Crippen molar-refractivity contribution in [1.82, 2.24) is 4.90 Å². The van der Waals surface area contributed by atoms with Crippen LogP contribution in [-0.4, -0.2) is 41.2 Å². The quantitative estimate of drug-likeness (QED) is 0.902. The van der Waals surface area contributed by atoms with Gasteiger partial charge in [-0.2, -0.15) is 0 Å². The second-order valence-electron chi connectivity index (χ2n) is 5.60. The molecule has 1 amide bonds. The number of aryl methyl sites for hydroxylation is 2. The summed E-state index contributed by atoms with van der Waals surface area (Å²) in [5.41, 5.74) is 1.60. The molecule has 0 radical (unpaired) electrons. The second kappa shape index (κ2) is 5.21. The Bertz CT molecular complexity index is 482. The molecule has 0 bridgehead atoms. The van der Waals surface area contributed by atoms with Gasteiger partial charge in [0.2, 0.25) is 0 Å². The molecule has 2 rings (SSSR count). The largest absolute Gasteiger partial charge is 0.484 e. The average Bonchev–Trinajstić information content (AvgIpc) is 2.71. The van der Waals surface area contributed by atoms with Gasteiger partial charge >= 0.3 is 0 Å². The van der Waals surface area contributed by atoms with Gasteiger partial charge in [-0.1, -0.05) is 6.07 Å². The highest BCUT2D eigenvalue weighted by Gasteiger charge is 2.33. The zero-order chi connectivity index (χ0) is 14.0. The highest BCUT2D eigenvalue weighted by atomic mass is 16.5. The molecule has 1 aliphatic rings. The number of amides is 1. The van der Waals surface area contributed by atoms with Crippen molar-refractivity contribution in [2.75, 3.05) is 19.7 Å². The molecule has 104 valence electrons. The minimum absolute atomic E-state index is 0.0264. The summed E-state index contributed by atoms with van der Waals surface area (Å²) in [6.07, 6.45) is 0.627. The van der Waals surface area contributed by atoms with E-state index < -0.39 is 5.60 Å². The lowest BCUT2D eigenvalue weighted by Gasteiger charge is -2.19. The first-order valence-corrected chi connectivity index (χ1v) is 6.58. The predicted octanol–water partition coefficient (Wildman–Crippen LogP) is 1.67. The molecular formula is C15H21NO3.